The van der Waals surface area contributed by atoms with Gasteiger partial charge in [-0.1, -0.05) is 32.1 Å². The fourth-order valence-electron chi connectivity index (χ4n) is 0.988. The zero-order valence-corrected chi connectivity index (χ0v) is 10.1. The van der Waals surface area contributed by atoms with Crippen LogP contribution in [0.3, 0.4) is 0 Å². The first-order chi connectivity index (χ1) is 5.81. The highest BCUT2D eigenvalue weighted by Gasteiger charge is 1.96. The lowest BCUT2D eigenvalue weighted by Gasteiger charge is -2.03. The maximum absolute atomic E-state index is 4.50. The van der Waals surface area contributed by atoms with Crippen molar-refractivity contribution >= 4 is 29.3 Å². The Morgan fingerprint density at radius 3 is 2.67 bits per heavy atom. The number of unbranched alkanes of at least 4 members (excludes halogenated alkanes) is 1. The third-order valence-electron chi connectivity index (χ3n) is 1.77. The molecular weight excluding hydrogens is 184 g/mol. The molecule has 0 aliphatic heterocycles. The van der Waals surface area contributed by atoms with Gasteiger partial charge in [-0.05, 0) is 25.0 Å². The van der Waals surface area contributed by atoms with Crippen LogP contribution in [0, 0.1) is 0 Å². The Morgan fingerprint density at radius 2 is 2.08 bits per heavy atom. The van der Waals surface area contributed by atoms with E-state index in [0.717, 1.165) is 0 Å². The smallest absolute Gasteiger partial charge is 0.00559 e. The van der Waals surface area contributed by atoms with Crippen LogP contribution in [0.1, 0.15) is 46.0 Å². The van der Waals surface area contributed by atoms with Crippen LogP contribution >= 0.6 is 24.0 Å². The van der Waals surface area contributed by atoms with E-state index < -0.39 is 0 Å². The summed E-state index contributed by atoms with van der Waals surface area (Å²) < 4.78 is 0. The number of rotatable bonds is 7. The molecule has 2 heteroatoms. The second kappa shape index (κ2) is 9.66. The van der Waals surface area contributed by atoms with Crippen molar-refractivity contribution in [3.63, 3.8) is 0 Å². The van der Waals surface area contributed by atoms with Crippen LogP contribution in [-0.2, 0) is 0 Å². The molecule has 12 heavy (non-hydrogen) atoms. The van der Waals surface area contributed by atoms with E-state index >= 15 is 0 Å². The molecule has 0 aromatic rings. The average molecular weight is 206 g/mol. The SMILES string of the molecule is CCCC[SH]=CCC(S)CCC. The van der Waals surface area contributed by atoms with Crippen molar-refractivity contribution in [1.29, 1.82) is 0 Å². The molecule has 0 saturated heterocycles. The largest absolute Gasteiger partial charge is 0.204 e. The molecule has 0 radical (unpaired) electrons. The molecule has 0 saturated carbocycles. The van der Waals surface area contributed by atoms with Crippen LogP contribution in [0.25, 0.3) is 0 Å². The van der Waals surface area contributed by atoms with Gasteiger partial charge in [0.1, 0.15) is 0 Å². The Balaban J connectivity index is 3.21. The summed E-state index contributed by atoms with van der Waals surface area (Å²) in [7, 11) is 0. The zero-order chi connectivity index (χ0) is 9.23. The molecule has 1 atom stereocenters. The lowest BCUT2D eigenvalue weighted by atomic mass is 10.2. The summed E-state index contributed by atoms with van der Waals surface area (Å²) in [6, 6.07) is 0. The second-order valence-corrected chi connectivity index (χ2v) is 5.03. The molecule has 0 spiro atoms. The normalized spacial score (nSPS) is 14.6. The van der Waals surface area contributed by atoms with Gasteiger partial charge < -0.3 is 0 Å². The van der Waals surface area contributed by atoms with E-state index in [-0.39, 0.29) is 0 Å². The molecule has 0 aliphatic carbocycles. The highest BCUT2D eigenvalue weighted by molar-refractivity contribution is 7.97. The maximum atomic E-state index is 4.50. The fraction of sp³-hybridized carbons (Fsp3) is 0.900. The Labute approximate surface area is 86.5 Å². The van der Waals surface area contributed by atoms with E-state index in [1.165, 1.54) is 49.2 Å². The highest BCUT2D eigenvalue weighted by Crippen LogP contribution is 2.08. The molecule has 74 valence electrons. The molecule has 0 fully saturated rings. The monoisotopic (exact) mass is 206 g/mol. The molecule has 0 bridgehead atoms. The van der Waals surface area contributed by atoms with E-state index in [1.54, 1.807) is 0 Å². The fourth-order valence-corrected chi connectivity index (χ4v) is 2.60. The van der Waals surface area contributed by atoms with Crippen LogP contribution in [0.2, 0.25) is 0 Å². The van der Waals surface area contributed by atoms with Crippen LogP contribution in [-0.4, -0.2) is 16.4 Å². The lowest BCUT2D eigenvalue weighted by molar-refractivity contribution is 0.769. The zero-order valence-electron chi connectivity index (χ0n) is 8.29. The maximum Gasteiger partial charge on any atom is 0.00559 e. The van der Waals surface area contributed by atoms with Gasteiger partial charge in [-0.3, -0.25) is 0 Å². The minimum Gasteiger partial charge on any atom is -0.204 e. The molecule has 0 heterocycles. The van der Waals surface area contributed by atoms with Crippen molar-refractivity contribution in [1.82, 2.24) is 0 Å². The number of thiol groups is 2. The standard InChI is InChI=1S/C10H22S2/c1-3-5-8-12-9-7-10(11)6-4-2/h9-12H,3-8H2,1-2H3. The molecule has 0 aliphatic rings. The topological polar surface area (TPSA) is 0 Å². The number of hydrogen-bond donors (Lipinski definition) is 2. The van der Waals surface area contributed by atoms with Crippen molar-refractivity contribution in [2.24, 2.45) is 0 Å². The van der Waals surface area contributed by atoms with Gasteiger partial charge in [0.25, 0.3) is 0 Å². The van der Waals surface area contributed by atoms with Crippen molar-refractivity contribution in [3.05, 3.63) is 0 Å². The molecule has 0 aromatic carbocycles. The first-order valence-corrected chi connectivity index (χ1v) is 6.64. The van der Waals surface area contributed by atoms with Crippen LogP contribution < -0.4 is 0 Å². The van der Waals surface area contributed by atoms with Crippen LogP contribution in [0.4, 0.5) is 0 Å². The molecular formula is C10H22S2. The summed E-state index contributed by atoms with van der Waals surface area (Å²) in [6.45, 7) is 4.46. The summed E-state index contributed by atoms with van der Waals surface area (Å²) in [5.41, 5.74) is 0. The van der Waals surface area contributed by atoms with Gasteiger partial charge in [0.05, 0.1) is 0 Å². The third kappa shape index (κ3) is 8.66. The Kier molecular flexibility index (Phi) is 10.1. The summed E-state index contributed by atoms with van der Waals surface area (Å²) in [5, 5.41) is 2.98. The Morgan fingerprint density at radius 1 is 1.33 bits per heavy atom. The molecule has 0 amide bonds. The van der Waals surface area contributed by atoms with Crippen molar-refractivity contribution in [3.8, 4) is 0 Å². The van der Waals surface area contributed by atoms with Gasteiger partial charge in [-0.15, -0.1) is 0 Å². The Bertz CT molecular complexity index is 110. The van der Waals surface area contributed by atoms with Gasteiger partial charge in [-0.2, -0.15) is 12.6 Å². The molecule has 0 aromatic heterocycles. The van der Waals surface area contributed by atoms with Crippen molar-refractivity contribution < 1.29 is 0 Å². The quantitative estimate of drug-likeness (QED) is 0.355. The summed E-state index contributed by atoms with van der Waals surface area (Å²) in [6.07, 6.45) is 6.38. The Hall–Kier alpha value is 0.570. The van der Waals surface area contributed by atoms with E-state index in [0.29, 0.717) is 5.25 Å². The average Bonchev–Trinajstić information content (AvgIpc) is 2.05. The van der Waals surface area contributed by atoms with Crippen LogP contribution in [0.5, 0.6) is 0 Å². The van der Waals surface area contributed by atoms with Gasteiger partial charge >= 0.3 is 0 Å². The first-order valence-electron chi connectivity index (χ1n) is 4.97. The summed E-state index contributed by atoms with van der Waals surface area (Å²) >= 11 is 6.01. The molecule has 0 rings (SSSR count). The minimum absolute atomic E-state index is 0.601. The van der Waals surface area contributed by atoms with E-state index in [9.17, 15) is 0 Å². The highest BCUT2D eigenvalue weighted by atomic mass is 32.1. The predicted octanol–water partition coefficient (Wildman–Crippen LogP) is 3.54. The van der Waals surface area contributed by atoms with Gasteiger partial charge in [0.15, 0.2) is 0 Å². The van der Waals surface area contributed by atoms with E-state index in [1.807, 2.05) is 0 Å². The van der Waals surface area contributed by atoms with Crippen LogP contribution in [0.15, 0.2) is 0 Å². The predicted molar refractivity (Wildman–Crippen MR) is 67.1 cm³/mol. The van der Waals surface area contributed by atoms with Gasteiger partial charge in [0.2, 0.25) is 0 Å². The molecule has 0 N–H and O–H groups in total. The first kappa shape index (κ1) is 12.6. The minimum atomic E-state index is 0.601. The molecule has 1 unspecified atom stereocenters. The van der Waals surface area contributed by atoms with E-state index in [2.05, 4.69) is 31.8 Å². The lowest BCUT2D eigenvalue weighted by Crippen LogP contribution is -1.97. The summed E-state index contributed by atoms with van der Waals surface area (Å²) in [5.74, 6) is 1.34. The van der Waals surface area contributed by atoms with Gasteiger partial charge in [-0.25, -0.2) is 11.4 Å². The summed E-state index contributed by atoms with van der Waals surface area (Å²) in [4.78, 5) is 0. The van der Waals surface area contributed by atoms with E-state index in [4.69, 9.17) is 0 Å². The second-order valence-electron chi connectivity index (χ2n) is 3.12. The van der Waals surface area contributed by atoms with Crippen molar-refractivity contribution in [2.45, 2.75) is 51.2 Å². The van der Waals surface area contributed by atoms with Gasteiger partial charge in [0, 0.05) is 5.25 Å². The molecule has 0 nitrogen and oxygen atoms in total. The third-order valence-corrected chi connectivity index (χ3v) is 3.28. The number of hydrogen-bond acceptors (Lipinski definition) is 1. The van der Waals surface area contributed by atoms with Crippen molar-refractivity contribution in [2.75, 3.05) is 5.75 Å².